The van der Waals surface area contributed by atoms with E-state index in [9.17, 15) is 9.59 Å². The third-order valence-electron chi connectivity index (χ3n) is 1.99. The van der Waals surface area contributed by atoms with Crippen LogP contribution in [-0.2, 0) is 0 Å². The van der Waals surface area contributed by atoms with Gasteiger partial charge in [0.1, 0.15) is 16.6 Å². The fourth-order valence-corrected chi connectivity index (χ4v) is 1.39. The van der Waals surface area contributed by atoms with Crippen molar-refractivity contribution in [3.63, 3.8) is 0 Å². The fourth-order valence-electron chi connectivity index (χ4n) is 1.39. The number of carboxylic acid groups (broad SMARTS) is 1. The smallest absolute Gasteiger partial charge is 0.339 e. The Labute approximate surface area is 77.6 Å². The second kappa shape index (κ2) is 2.69. The van der Waals surface area contributed by atoms with Gasteiger partial charge in [-0.05, 0) is 6.92 Å². The van der Waals surface area contributed by atoms with Gasteiger partial charge in [-0.2, -0.15) is 0 Å². The number of nitrogens with one attached hydrogen (secondary N) is 2. The maximum atomic E-state index is 11.2. The number of aromatic nitrogens is 3. The zero-order valence-corrected chi connectivity index (χ0v) is 7.29. The molecule has 6 nitrogen and oxygen atoms in total. The highest BCUT2D eigenvalue weighted by Crippen LogP contribution is 2.16. The van der Waals surface area contributed by atoms with Crippen molar-refractivity contribution in [3.05, 3.63) is 27.9 Å². The van der Waals surface area contributed by atoms with Crippen LogP contribution in [-0.4, -0.2) is 26.0 Å². The lowest BCUT2D eigenvalue weighted by molar-refractivity contribution is 0.0698. The average molecular weight is 193 g/mol. The van der Waals surface area contributed by atoms with Crippen LogP contribution in [0.15, 0.2) is 11.1 Å². The van der Waals surface area contributed by atoms with Crippen LogP contribution in [0, 0.1) is 6.92 Å². The molecule has 2 rings (SSSR count). The molecule has 0 aliphatic carbocycles. The summed E-state index contributed by atoms with van der Waals surface area (Å²) in [6.07, 6.45) is 1.18. The zero-order chi connectivity index (χ0) is 10.3. The normalized spacial score (nSPS) is 10.6. The quantitative estimate of drug-likeness (QED) is 0.604. The summed E-state index contributed by atoms with van der Waals surface area (Å²) in [4.78, 5) is 31.0. The third-order valence-corrected chi connectivity index (χ3v) is 1.99. The van der Waals surface area contributed by atoms with Crippen LogP contribution in [0.5, 0.6) is 0 Å². The van der Waals surface area contributed by atoms with E-state index in [1.807, 2.05) is 0 Å². The Kier molecular flexibility index (Phi) is 1.63. The van der Waals surface area contributed by atoms with E-state index >= 15 is 0 Å². The molecule has 0 aliphatic heterocycles. The van der Waals surface area contributed by atoms with Gasteiger partial charge in [-0.1, -0.05) is 0 Å². The van der Waals surface area contributed by atoms with E-state index in [0.717, 1.165) is 0 Å². The Bertz CT molecular complexity index is 567. The molecule has 0 fully saturated rings. The molecular formula is C8H7N3O3. The number of aryl methyl sites for hydroxylation is 1. The van der Waals surface area contributed by atoms with Gasteiger partial charge in [-0.15, -0.1) is 0 Å². The largest absolute Gasteiger partial charge is 0.478 e. The number of hydrogen-bond acceptors (Lipinski definition) is 3. The number of nitrogens with zero attached hydrogens (tertiary/aromatic N) is 1. The van der Waals surface area contributed by atoms with Crippen LogP contribution in [0.2, 0.25) is 0 Å². The summed E-state index contributed by atoms with van der Waals surface area (Å²) in [7, 11) is 0. The van der Waals surface area contributed by atoms with Gasteiger partial charge >= 0.3 is 5.97 Å². The zero-order valence-electron chi connectivity index (χ0n) is 7.29. The van der Waals surface area contributed by atoms with E-state index in [2.05, 4.69) is 15.0 Å². The van der Waals surface area contributed by atoms with Crippen molar-refractivity contribution in [2.24, 2.45) is 0 Å². The summed E-state index contributed by atoms with van der Waals surface area (Å²) in [5, 5.41) is 8.87. The number of H-pyrrole nitrogens is 2. The van der Waals surface area contributed by atoms with E-state index in [1.54, 1.807) is 6.92 Å². The summed E-state index contributed by atoms with van der Waals surface area (Å²) in [6.45, 7) is 1.59. The van der Waals surface area contributed by atoms with Crippen LogP contribution >= 0.6 is 0 Å². The molecule has 0 spiro atoms. The molecule has 0 saturated carbocycles. The van der Waals surface area contributed by atoms with Gasteiger partial charge in [0.05, 0.1) is 6.33 Å². The van der Waals surface area contributed by atoms with Crippen LogP contribution in [0.4, 0.5) is 0 Å². The molecule has 0 bridgehead atoms. The van der Waals surface area contributed by atoms with E-state index in [-0.39, 0.29) is 22.2 Å². The second-order valence-electron chi connectivity index (χ2n) is 2.89. The summed E-state index contributed by atoms with van der Waals surface area (Å²) in [5.74, 6) is -1.09. The topological polar surface area (TPSA) is 98.8 Å². The Morgan fingerprint density at radius 2 is 2.29 bits per heavy atom. The number of hydrogen-bond donors (Lipinski definition) is 3. The average Bonchev–Trinajstić information content (AvgIpc) is 2.42. The summed E-state index contributed by atoms with van der Waals surface area (Å²) in [6, 6.07) is 0. The van der Waals surface area contributed by atoms with Crippen LogP contribution in [0.3, 0.4) is 0 Å². The van der Waals surface area contributed by atoms with Gasteiger partial charge < -0.3 is 15.1 Å². The molecule has 3 N–H and O–H groups in total. The molecule has 0 saturated heterocycles. The van der Waals surface area contributed by atoms with Crippen LogP contribution in [0.1, 0.15) is 16.1 Å². The third kappa shape index (κ3) is 1.00. The van der Waals surface area contributed by atoms with Crippen LogP contribution < -0.4 is 5.56 Å². The lowest BCUT2D eigenvalue weighted by atomic mass is 10.2. The van der Waals surface area contributed by atoms with Crippen molar-refractivity contribution in [2.45, 2.75) is 6.92 Å². The molecule has 14 heavy (non-hydrogen) atoms. The first-order chi connectivity index (χ1) is 6.61. The maximum Gasteiger partial charge on any atom is 0.339 e. The van der Waals surface area contributed by atoms with Crippen molar-refractivity contribution < 1.29 is 9.90 Å². The SMILES string of the molecule is Cc1[nH]c2c(=O)[nH]cnc2c1C(=O)O. The monoisotopic (exact) mass is 193 g/mol. The molecule has 0 radical (unpaired) electrons. The Morgan fingerprint density at radius 3 is 2.93 bits per heavy atom. The summed E-state index contributed by atoms with van der Waals surface area (Å²) in [5.41, 5.74) is 0.495. The molecule has 2 heterocycles. The minimum absolute atomic E-state index is 0.0473. The van der Waals surface area contributed by atoms with Crippen molar-refractivity contribution in [3.8, 4) is 0 Å². The Morgan fingerprint density at radius 1 is 1.57 bits per heavy atom. The molecule has 0 unspecified atom stereocenters. The standard InChI is InChI=1S/C8H7N3O3/c1-3-4(8(13)14)5-6(11-3)7(12)10-2-9-5/h2,11H,1H3,(H,13,14)(H,9,10,12). The number of aromatic carboxylic acids is 1. The number of aromatic amines is 2. The fraction of sp³-hybridized carbons (Fsp3) is 0.125. The molecule has 0 aliphatic rings. The van der Waals surface area contributed by atoms with Crippen molar-refractivity contribution >= 4 is 17.0 Å². The lowest BCUT2D eigenvalue weighted by Crippen LogP contribution is -2.06. The number of carbonyl (C=O) groups is 1. The van der Waals surface area contributed by atoms with Gasteiger partial charge in [0.2, 0.25) is 0 Å². The molecule has 2 aromatic heterocycles. The first-order valence-corrected chi connectivity index (χ1v) is 3.90. The molecule has 0 aromatic carbocycles. The Hall–Kier alpha value is -2.11. The van der Waals surface area contributed by atoms with E-state index in [4.69, 9.17) is 5.11 Å². The highest BCUT2D eigenvalue weighted by molar-refractivity contribution is 6.02. The number of carboxylic acids is 1. The highest BCUT2D eigenvalue weighted by atomic mass is 16.4. The summed E-state index contributed by atoms with van der Waals surface area (Å²) < 4.78 is 0. The minimum atomic E-state index is -1.09. The van der Waals surface area contributed by atoms with Gasteiger partial charge in [0, 0.05) is 5.69 Å². The first kappa shape index (κ1) is 8.49. The van der Waals surface area contributed by atoms with Crippen molar-refractivity contribution in [2.75, 3.05) is 0 Å². The van der Waals surface area contributed by atoms with E-state index < -0.39 is 5.97 Å². The molecule has 6 heteroatoms. The molecular weight excluding hydrogens is 186 g/mol. The highest BCUT2D eigenvalue weighted by Gasteiger charge is 2.17. The van der Waals surface area contributed by atoms with Crippen LogP contribution in [0.25, 0.3) is 11.0 Å². The van der Waals surface area contributed by atoms with Crippen molar-refractivity contribution in [1.82, 2.24) is 15.0 Å². The Balaban J connectivity index is 2.98. The minimum Gasteiger partial charge on any atom is -0.478 e. The van der Waals surface area contributed by atoms with E-state index in [1.165, 1.54) is 6.33 Å². The molecule has 0 amide bonds. The summed E-state index contributed by atoms with van der Waals surface area (Å²) >= 11 is 0. The second-order valence-corrected chi connectivity index (χ2v) is 2.89. The van der Waals surface area contributed by atoms with E-state index in [0.29, 0.717) is 5.69 Å². The molecule has 72 valence electrons. The van der Waals surface area contributed by atoms with Crippen molar-refractivity contribution in [1.29, 1.82) is 0 Å². The van der Waals surface area contributed by atoms with Gasteiger partial charge in [-0.25, -0.2) is 9.78 Å². The van der Waals surface area contributed by atoms with Gasteiger partial charge in [0.15, 0.2) is 0 Å². The molecule has 2 aromatic rings. The first-order valence-electron chi connectivity index (χ1n) is 3.90. The predicted molar refractivity (Wildman–Crippen MR) is 48.4 cm³/mol. The van der Waals surface area contributed by atoms with Gasteiger partial charge in [-0.3, -0.25) is 4.79 Å². The maximum absolute atomic E-state index is 11.2. The number of fused-ring (bicyclic) bond motifs is 1. The predicted octanol–water partition coefficient (Wildman–Crippen LogP) is 0.258. The number of rotatable bonds is 1. The van der Waals surface area contributed by atoms with Gasteiger partial charge in [0.25, 0.3) is 5.56 Å². The lowest BCUT2D eigenvalue weighted by Gasteiger charge is -1.90. The molecule has 0 atom stereocenters.